The molecule has 0 amide bonds. The van der Waals surface area contributed by atoms with Crippen LogP contribution in [0.4, 0.5) is 0 Å². The lowest BCUT2D eigenvalue weighted by Gasteiger charge is -2.02. The molecule has 0 spiro atoms. The normalized spacial score (nSPS) is 13.0. The molecule has 16 heavy (non-hydrogen) atoms. The van der Waals surface area contributed by atoms with Gasteiger partial charge in [0.2, 0.25) is 5.89 Å². The summed E-state index contributed by atoms with van der Waals surface area (Å²) in [5, 5.41) is 12.5. The van der Waals surface area contributed by atoms with Crippen molar-refractivity contribution in [1.82, 2.24) is 10.1 Å². The van der Waals surface area contributed by atoms with Crippen LogP contribution < -0.4 is 0 Å². The van der Waals surface area contributed by atoms with Gasteiger partial charge in [-0.05, 0) is 0 Å². The molecule has 5 nitrogen and oxygen atoms in total. The molecule has 0 fully saturated rings. The molecule has 0 aliphatic heterocycles. The van der Waals surface area contributed by atoms with Crippen molar-refractivity contribution in [2.24, 2.45) is 5.92 Å². The lowest BCUT2D eigenvalue weighted by Crippen LogP contribution is -2.11. The van der Waals surface area contributed by atoms with Gasteiger partial charge in [0.1, 0.15) is 0 Å². The van der Waals surface area contributed by atoms with E-state index in [-0.39, 0.29) is 11.8 Å². The van der Waals surface area contributed by atoms with Crippen molar-refractivity contribution in [2.75, 3.05) is 5.75 Å². The molecule has 0 saturated heterocycles. The number of carbonyl (C=O) groups is 1. The minimum Gasteiger partial charge on any atom is -0.481 e. The Morgan fingerprint density at radius 2 is 2.19 bits per heavy atom. The molecule has 1 unspecified atom stereocenters. The van der Waals surface area contributed by atoms with Crippen molar-refractivity contribution in [3.05, 3.63) is 11.7 Å². The van der Waals surface area contributed by atoms with E-state index in [1.807, 2.05) is 13.8 Å². The van der Waals surface area contributed by atoms with Gasteiger partial charge in [0.15, 0.2) is 5.82 Å². The summed E-state index contributed by atoms with van der Waals surface area (Å²) >= 11 is 1.49. The summed E-state index contributed by atoms with van der Waals surface area (Å²) in [6.07, 6.45) is 0. The zero-order valence-electron chi connectivity index (χ0n) is 9.64. The molecule has 1 rings (SSSR count). The van der Waals surface area contributed by atoms with E-state index in [2.05, 4.69) is 10.1 Å². The monoisotopic (exact) mass is 244 g/mol. The van der Waals surface area contributed by atoms with Crippen LogP contribution >= 0.6 is 11.8 Å². The number of nitrogens with zero attached hydrogens (tertiary/aromatic N) is 2. The maximum Gasteiger partial charge on any atom is 0.307 e. The Balaban J connectivity index is 2.34. The van der Waals surface area contributed by atoms with E-state index < -0.39 is 5.97 Å². The van der Waals surface area contributed by atoms with Crippen molar-refractivity contribution in [2.45, 2.75) is 32.4 Å². The lowest BCUT2D eigenvalue weighted by molar-refractivity contribution is -0.140. The number of hydrogen-bond acceptors (Lipinski definition) is 5. The quantitative estimate of drug-likeness (QED) is 0.826. The van der Waals surface area contributed by atoms with E-state index in [1.54, 1.807) is 6.92 Å². The first-order chi connectivity index (χ1) is 7.50. The molecule has 0 aliphatic rings. The average Bonchev–Trinajstić information content (AvgIpc) is 2.66. The largest absolute Gasteiger partial charge is 0.481 e. The molecule has 1 aromatic rings. The van der Waals surface area contributed by atoms with Crippen molar-refractivity contribution in [3.63, 3.8) is 0 Å². The van der Waals surface area contributed by atoms with E-state index in [1.165, 1.54) is 11.8 Å². The van der Waals surface area contributed by atoms with Crippen LogP contribution in [0.15, 0.2) is 4.52 Å². The van der Waals surface area contributed by atoms with Crippen molar-refractivity contribution < 1.29 is 14.4 Å². The number of aromatic nitrogens is 2. The predicted octanol–water partition coefficient (Wildman–Crippen LogP) is 2.15. The van der Waals surface area contributed by atoms with Gasteiger partial charge in [-0.2, -0.15) is 16.7 Å². The summed E-state index contributed by atoms with van der Waals surface area (Å²) in [6, 6.07) is 0. The highest BCUT2D eigenvalue weighted by Crippen LogP contribution is 2.16. The molecule has 0 bridgehead atoms. The number of thioether (sulfide) groups is 1. The number of aliphatic carboxylic acids is 1. The smallest absolute Gasteiger partial charge is 0.307 e. The molecule has 1 heterocycles. The minimum absolute atomic E-state index is 0.250. The van der Waals surface area contributed by atoms with E-state index in [0.717, 1.165) is 0 Å². The fourth-order valence-electron chi connectivity index (χ4n) is 0.955. The highest BCUT2D eigenvalue weighted by molar-refractivity contribution is 7.98. The van der Waals surface area contributed by atoms with Gasteiger partial charge in [0.05, 0.1) is 11.7 Å². The molecule has 1 aromatic heterocycles. The highest BCUT2D eigenvalue weighted by atomic mass is 32.2. The Labute approximate surface area is 98.6 Å². The Kier molecular flexibility index (Phi) is 4.79. The van der Waals surface area contributed by atoms with Crippen LogP contribution in [-0.2, 0) is 10.5 Å². The van der Waals surface area contributed by atoms with Crippen LogP contribution in [-0.4, -0.2) is 27.0 Å². The summed E-state index contributed by atoms with van der Waals surface area (Å²) in [7, 11) is 0. The summed E-state index contributed by atoms with van der Waals surface area (Å²) in [4.78, 5) is 14.8. The third-order valence-corrected chi connectivity index (χ3v) is 3.20. The molecule has 0 aliphatic carbocycles. The molecular formula is C10H16N2O3S. The Hall–Kier alpha value is -1.04. The zero-order chi connectivity index (χ0) is 12.1. The molecule has 0 saturated carbocycles. The van der Waals surface area contributed by atoms with Gasteiger partial charge in [-0.3, -0.25) is 4.79 Å². The maximum atomic E-state index is 10.6. The fourth-order valence-corrected chi connectivity index (χ4v) is 1.86. The first kappa shape index (κ1) is 13.0. The second-order valence-corrected chi connectivity index (χ2v) is 4.99. The van der Waals surface area contributed by atoms with Gasteiger partial charge in [-0.25, -0.2) is 0 Å². The summed E-state index contributed by atoms with van der Waals surface area (Å²) in [5.41, 5.74) is 0. The second-order valence-electron chi connectivity index (χ2n) is 3.96. The summed E-state index contributed by atoms with van der Waals surface area (Å²) in [5.74, 6) is 1.50. The van der Waals surface area contributed by atoms with Crippen LogP contribution in [0.25, 0.3) is 0 Å². The standard InChI is InChI=1S/C10H16N2O3S/c1-6(2)9-11-8(15-12-9)5-16-4-7(3)10(13)14/h6-7H,4-5H2,1-3H3,(H,13,14). The first-order valence-corrected chi connectivity index (χ1v) is 6.29. The third-order valence-electron chi connectivity index (χ3n) is 2.02. The molecule has 1 N–H and O–H groups in total. The third kappa shape index (κ3) is 3.84. The van der Waals surface area contributed by atoms with E-state index in [4.69, 9.17) is 9.63 Å². The minimum atomic E-state index is -0.777. The topological polar surface area (TPSA) is 76.2 Å². The Morgan fingerprint density at radius 1 is 1.50 bits per heavy atom. The van der Waals surface area contributed by atoms with Crippen molar-refractivity contribution >= 4 is 17.7 Å². The van der Waals surface area contributed by atoms with Crippen molar-refractivity contribution in [1.29, 1.82) is 0 Å². The van der Waals surface area contributed by atoms with Crippen molar-refractivity contribution in [3.8, 4) is 0 Å². The van der Waals surface area contributed by atoms with Gasteiger partial charge in [0.25, 0.3) is 0 Å². The second kappa shape index (κ2) is 5.89. The number of carboxylic acids is 1. The van der Waals surface area contributed by atoms with E-state index >= 15 is 0 Å². The summed E-state index contributed by atoms with van der Waals surface area (Å²) in [6.45, 7) is 5.67. The van der Waals surface area contributed by atoms with Crippen LogP contribution in [0, 0.1) is 5.92 Å². The van der Waals surface area contributed by atoms with Gasteiger partial charge in [0, 0.05) is 11.7 Å². The molecule has 6 heteroatoms. The van der Waals surface area contributed by atoms with Crippen LogP contribution in [0.2, 0.25) is 0 Å². The van der Waals surface area contributed by atoms with Gasteiger partial charge < -0.3 is 9.63 Å². The molecule has 0 radical (unpaired) electrons. The van der Waals surface area contributed by atoms with Crippen LogP contribution in [0.5, 0.6) is 0 Å². The van der Waals surface area contributed by atoms with E-state index in [9.17, 15) is 4.79 Å². The highest BCUT2D eigenvalue weighted by Gasteiger charge is 2.13. The number of rotatable bonds is 6. The van der Waals surface area contributed by atoms with Crippen LogP contribution in [0.1, 0.15) is 38.4 Å². The van der Waals surface area contributed by atoms with Gasteiger partial charge in [-0.1, -0.05) is 25.9 Å². The van der Waals surface area contributed by atoms with Gasteiger partial charge >= 0.3 is 5.97 Å². The zero-order valence-corrected chi connectivity index (χ0v) is 10.5. The molecule has 90 valence electrons. The molecular weight excluding hydrogens is 228 g/mol. The SMILES string of the molecule is CC(CSCc1nc(C(C)C)no1)C(=O)O. The predicted molar refractivity (Wildman–Crippen MR) is 61.3 cm³/mol. The molecule has 1 atom stereocenters. The number of carboxylic acid groups (broad SMARTS) is 1. The average molecular weight is 244 g/mol. The fraction of sp³-hybridized carbons (Fsp3) is 0.700. The Bertz CT molecular complexity index is 352. The van der Waals surface area contributed by atoms with Crippen LogP contribution in [0.3, 0.4) is 0 Å². The van der Waals surface area contributed by atoms with Gasteiger partial charge in [-0.15, -0.1) is 0 Å². The molecule has 0 aromatic carbocycles. The number of hydrogen-bond donors (Lipinski definition) is 1. The summed E-state index contributed by atoms with van der Waals surface area (Å²) < 4.78 is 5.04. The Morgan fingerprint density at radius 3 is 2.69 bits per heavy atom. The lowest BCUT2D eigenvalue weighted by atomic mass is 10.2. The van der Waals surface area contributed by atoms with E-state index in [0.29, 0.717) is 23.2 Å². The maximum absolute atomic E-state index is 10.6. The first-order valence-electron chi connectivity index (χ1n) is 5.13.